The van der Waals surface area contributed by atoms with E-state index in [1.54, 1.807) is 18.1 Å². The number of anilines is 1. The van der Waals surface area contributed by atoms with Gasteiger partial charge in [0.25, 0.3) is 5.91 Å². The van der Waals surface area contributed by atoms with Gasteiger partial charge in [-0.05, 0) is 31.9 Å². The second-order valence-electron chi connectivity index (χ2n) is 6.31. The molecular formula is C18H19N5O. The van der Waals surface area contributed by atoms with E-state index in [4.69, 9.17) is 0 Å². The number of hydrogen-bond acceptors (Lipinski definition) is 4. The maximum Gasteiger partial charge on any atom is 0.263 e. The Balaban J connectivity index is 1.75. The zero-order valence-electron chi connectivity index (χ0n) is 14.0. The van der Waals surface area contributed by atoms with E-state index in [-0.39, 0.29) is 5.91 Å². The van der Waals surface area contributed by atoms with Gasteiger partial charge in [0.2, 0.25) is 5.95 Å². The van der Waals surface area contributed by atoms with Crippen molar-refractivity contribution in [3.05, 3.63) is 47.5 Å². The van der Waals surface area contributed by atoms with E-state index in [2.05, 4.69) is 15.0 Å². The monoisotopic (exact) mass is 321 g/mol. The summed E-state index contributed by atoms with van der Waals surface area (Å²) in [6.45, 7) is 1.86. The number of rotatable bonds is 3. The first-order valence-corrected chi connectivity index (χ1v) is 8.09. The summed E-state index contributed by atoms with van der Waals surface area (Å²) in [4.78, 5) is 27.9. The molecule has 2 aromatic heterocycles. The fraction of sp³-hybridized carbons (Fsp3) is 0.333. The van der Waals surface area contributed by atoms with Crippen LogP contribution in [0.2, 0.25) is 0 Å². The molecule has 24 heavy (non-hydrogen) atoms. The zero-order chi connectivity index (χ0) is 16.8. The van der Waals surface area contributed by atoms with E-state index >= 15 is 0 Å². The van der Waals surface area contributed by atoms with Crippen LogP contribution in [-0.4, -0.2) is 32.5 Å². The second-order valence-corrected chi connectivity index (χ2v) is 6.31. The molecule has 0 bridgehead atoms. The van der Waals surface area contributed by atoms with Crippen LogP contribution in [0.3, 0.4) is 0 Å². The summed E-state index contributed by atoms with van der Waals surface area (Å²) in [6.07, 6.45) is 3.83. The normalized spacial score (nSPS) is 14.1. The van der Waals surface area contributed by atoms with E-state index in [1.807, 2.05) is 42.8 Å². The molecule has 0 radical (unpaired) electrons. The number of nitrogens with zero attached hydrogens (tertiary/aromatic N) is 5. The van der Waals surface area contributed by atoms with E-state index in [1.165, 1.54) is 0 Å². The molecule has 0 aliphatic heterocycles. The molecule has 1 saturated carbocycles. The lowest BCUT2D eigenvalue weighted by Crippen LogP contribution is -2.30. The second kappa shape index (κ2) is 5.40. The van der Waals surface area contributed by atoms with Crippen LogP contribution < -0.4 is 4.90 Å². The first kappa shape index (κ1) is 14.8. The minimum atomic E-state index is -0.115. The molecule has 1 aromatic carbocycles. The van der Waals surface area contributed by atoms with Crippen molar-refractivity contribution in [1.29, 1.82) is 0 Å². The van der Waals surface area contributed by atoms with Gasteiger partial charge in [-0.1, -0.05) is 12.1 Å². The van der Waals surface area contributed by atoms with Crippen LogP contribution in [0.15, 0.2) is 30.5 Å². The average Bonchev–Trinajstić information content (AvgIpc) is 3.38. The van der Waals surface area contributed by atoms with Crippen molar-refractivity contribution < 1.29 is 4.79 Å². The highest BCUT2D eigenvalue weighted by Crippen LogP contribution is 2.40. The Kier molecular flexibility index (Phi) is 3.33. The third kappa shape index (κ3) is 2.35. The molecule has 0 unspecified atom stereocenters. The number of aryl methyl sites for hydroxylation is 2. The van der Waals surface area contributed by atoms with Gasteiger partial charge in [-0.15, -0.1) is 0 Å². The molecule has 1 aliphatic carbocycles. The molecule has 4 rings (SSSR count). The molecular weight excluding hydrogens is 302 g/mol. The van der Waals surface area contributed by atoms with Crippen LogP contribution in [0, 0.1) is 6.92 Å². The topological polar surface area (TPSA) is 63.9 Å². The summed E-state index contributed by atoms with van der Waals surface area (Å²) in [5, 5.41) is 0. The minimum absolute atomic E-state index is 0.115. The number of benzene rings is 1. The van der Waals surface area contributed by atoms with Crippen molar-refractivity contribution in [3.8, 4) is 0 Å². The first-order chi connectivity index (χ1) is 11.6. The molecule has 1 amide bonds. The number of amides is 1. The highest BCUT2D eigenvalue weighted by atomic mass is 16.2. The van der Waals surface area contributed by atoms with E-state index in [0.717, 1.165) is 29.6 Å². The van der Waals surface area contributed by atoms with Crippen LogP contribution in [0.5, 0.6) is 0 Å². The van der Waals surface area contributed by atoms with Gasteiger partial charge in [0.05, 0.1) is 22.3 Å². The summed E-state index contributed by atoms with van der Waals surface area (Å²) < 4.78 is 1.93. The van der Waals surface area contributed by atoms with Crippen LogP contribution >= 0.6 is 0 Å². The molecule has 0 spiro atoms. The quantitative estimate of drug-likeness (QED) is 0.744. The summed E-state index contributed by atoms with van der Waals surface area (Å²) in [5.74, 6) is 1.59. The van der Waals surface area contributed by atoms with Crippen LogP contribution in [0.4, 0.5) is 5.95 Å². The number of fused-ring (bicyclic) bond motifs is 1. The summed E-state index contributed by atoms with van der Waals surface area (Å²) >= 11 is 0. The van der Waals surface area contributed by atoms with E-state index in [9.17, 15) is 4.79 Å². The summed E-state index contributed by atoms with van der Waals surface area (Å²) in [7, 11) is 3.67. The molecule has 6 nitrogen and oxygen atoms in total. The van der Waals surface area contributed by atoms with Crippen LogP contribution in [-0.2, 0) is 7.05 Å². The maximum absolute atomic E-state index is 13.0. The van der Waals surface area contributed by atoms with Crippen molar-refractivity contribution in [2.75, 3.05) is 11.9 Å². The van der Waals surface area contributed by atoms with Gasteiger partial charge in [0.1, 0.15) is 5.82 Å². The lowest BCUT2D eigenvalue weighted by Gasteiger charge is -2.18. The Bertz CT molecular complexity index is 942. The minimum Gasteiger partial charge on any atom is -0.313 e. The smallest absolute Gasteiger partial charge is 0.263 e. The molecule has 122 valence electrons. The lowest BCUT2D eigenvalue weighted by molar-refractivity contribution is 0.0989. The number of hydrogen-bond donors (Lipinski definition) is 0. The van der Waals surface area contributed by atoms with E-state index in [0.29, 0.717) is 23.3 Å². The number of carbonyl (C=O) groups excluding carboxylic acids is 1. The molecule has 1 aliphatic rings. The first-order valence-electron chi connectivity index (χ1n) is 8.09. The van der Waals surface area contributed by atoms with Crippen molar-refractivity contribution in [2.45, 2.75) is 25.7 Å². The summed E-state index contributed by atoms with van der Waals surface area (Å²) in [6, 6.07) is 7.85. The predicted molar refractivity (Wildman–Crippen MR) is 92.2 cm³/mol. The zero-order valence-corrected chi connectivity index (χ0v) is 14.0. The number of carbonyl (C=O) groups is 1. The Morgan fingerprint density at radius 2 is 2.00 bits per heavy atom. The van der Waals surface area contributed by atoms with Gasteiger partial charge in [-0.3, -0.25) is 9.69 Å². The molecule has 3 aromatic rings. The van der Waals surface area contributed by atoms with Crippen molar-refractivity contribution in [1.82, 2.24) is 19.5 Å². The van der Waals surface area contributed by atoms with Crippen LogP contribution in [0.25, 0.3) is 11.0 Å². The number of imidazole rings is 1. The molecule has 0 N–H and O–H groups in total. The van der Waals surface area contributed by atoms with Crippen molar-refractivity contribution >= 4 is 22.9 Å². The Labute approximate surface area is 140 Å². The standard InChI is InChI=1S/C18H19N5O/c1-11-19-10-13(16(20-11)12-8-9-12)17(24)23(3)18-21-14-6-4-5-7-15(14)22(18)2/h4-7,10,12H,8-9H2,1-3H3. The van der Waals surface area contributed by atoms with Gasteiger partial charge in [0, 0.05) is 26.2 Å². The Hall–Kier alpha value is -2.76. The maximum atomic E-state index is 13.0. The molecule has 0 saturated heterocycles. The molecule has 0 atom stereocenters. The van der Waals surface area contributed by atoms with Gasteiger partial charge in [-0.25, -0.2) is 15.0 Å². The largest absolute Gasteiger partial charge is 0.313 e. The molecule has 1 fully saturated rings. The Morgan fingerprint density at radius 1 is 1.25 bits per heavy atom. The number of aromatic nitrogens is 4. The number of para-hydroxylation sites is 2. The highest BCUT2D eigenvalue weighted by Gasteiger charge is 2.32. The van der Waals surface area contributed by atoms with Gasteiger partial charge in [-0.2, -0.15) is 0 Å². The van der Waals surface area contributed by atoms with E-state index < -0.39 is 0 Å². The Morgan fingerprint density at radius 3 is 2.71 bits per heavy atom. The van der Waals surface area contributed by atoms with Crippen molar-refractivity contribution in [3.63, 3.8) is 0 Å². The summed E-state index contributed by atoms with van der Waals surface area (Å²) in [5.41, 5.74) is 3.32. The predicted octanol–water partition coefficient (Wildman–Crippen LogP) is 2.83. The fourth-order valence-corrected chi connectivity index (χ4v) is 3.02. The lowest BCUT2D eigenvalue weighted by atomic mass is 10.1. The van der Waals surface area contributed by atoms with Gasteiger partial charge in [0.15, 0.2) is 0 Å². The third-order valence-corrected chi connectivity index (χ3v) is 4.50. The van der Waals surface area contributed by atoms with Crippen LogP contribution in [0.1, 0.15) is 40.6 Å². The van der Waals surface area contributed by atoms with Gasteiger partial charge >= 0.3 is 0 Å². The molecule has 6 heteroatoms. The average molecular weight is 321 g/mol. The third-order valence-electron chi connectivity index (χ3n) is 4.50. The highest BCUT2D eigenvalue weighted by molar-refractivity contribution is 6.06. The van der Waals surface area contributed by atoms with Gasteiger partial charge < -0.3 is 4.57 Å². The van der Waals surface area contributed by atoms with Crippen molar-refractivity contribution in [2.24, 2.45) is 7.05 Å². The molecule has 2 heterocycles. The fourth-order valence-electron chi connectivity index (χ4n) is 3.02. The SMILES string of the molecule is Cc1ncc(C(=O)N(C)c2nc3ccccc3n2C)c(C2CC2)n1.